The molecule has 1 N–H and O–H groups in total. The lowest BCUT2D eigenvalue weighted by molar-refractivity contribution is -0.138. The van der Waals surface area contributed by atoms with Gasteiger partial charge < -0.3 is 4.57 Å². The zero-order valence-corrected chi connectivity index (χ0v) is 17.0. The number of benzene rings is 1. The number of fused-ring (bicyclic) bond motifs is 1. The number of carbonyl (C=O) groups excluding carboxylic acids is 1. The topological polar surface area (TPSA) is 89.8 Å². The lowest BCUT2D eigenvalue weighted by Gasteiger charge is -2.12. The van der Waals surface area contributed by atoms with Crippen molar-refractivity contribution in [2.75, 3.05) is 5.32 Å². The molecule has 7 nitrogen and oxygen atoms in total. The molecule has 1 aromatic carbocycles. The standard InChI is InChI=1S/C18H9BrF3N5O2S/c19-9-3-1-4-10(7-9)27-8-12(13(28)11-5-2-6-23-14(11)27)15(29)24-17-26-25-16(30-17)18(20,21)22/h1-8H,(H,24,26,29). The Morgan fingerprint density at radius 1 is 1.17 bits per heavy atom. The van der Waals surface area contributed by atoms with Gasteiger partial charge in [-0.05, 0) is 30.3 Å². The van der Waals surface area contributed by atoms with Crippen LogP contribution in [0.2, 0.25) is 0 Å². The summed E-state index contributed by atoms with van der Waals surface area (Å²) < 4.78 is 40.4. The molecule has 1 amide bonds. The second kappa shape index (κ2) is 7.61. The summed E-state index contributed by atoms with van der Waals surface area (Å²) in [6.45, 7) is 0. The monoisotopic (exact) mass is 495 g/mol. The van der Waals surface area contributed by atoms with E-state index >= 15 is 0 Å². The van der Waals surface area contributed by atoms with Crippen LogP contribution in [0.5, 0.6) is 0 Å². The summed E-state index contributed by atoms with van der Waals surface area (Å²) in [6.07, 6.45) is -1.88. The van der Waals surface area contributed by atoms with Gasteiger partial charge in [0.15, 0.2) is 0 Å². The van der Waals surface area contributed by atoms with E-state index in [1.165, 1.54) is 18.5 Å². The molecule has 3 heterocycles. The summed E-state index contributed by atoms with van der Waals surface area (Å²) in [4.78, 5) is 29.8. The van der Waals surface area contributed by atoms with Crippen molar-refractivity contribution in [3.63, 3.8) is 0 Å². The summed E-state index contributed by atoms with van der Waals surface area (Å²) in [7, 11) is 0. The zero-order chi connectivity index (χ0) is 21.5. The Morgan fingerprint density at radius 2 is 1.97 bits per heavy atom. The number of hydrogen-bond acceptors (Lipinski definition) is 6. The molecule has 0 aliphatic rings. The summed E-state index contributed by atoms with van der Waals surface area (Å²) >= 11 is 3.54. The van der Waals surface area contributed by atoms with E-state index in [0.717, 1.165) is 4.47 Å². The van der Waals surface area contributed by atoms with Gasteiger partial charge in [-0.1, -0.05) is 33.3 Å². The molecular formula is C18H9BrF3N5O2S. The van der Waals surface area contributed by atoms with Crippen molar-refractivity contribution in [3.05, 3.63) is 74.1 Å². The molecule has 0 aliphatic carbocycles. The number of amides is 1. The van der Waals surface area contributed by atoms with E-state index < -0.39 is 22.5 Å². The highest BCUT2D eigenvalue weighted by atomic mass is 79.9. The molecule has 0 saturated carbocycles. The first-order valence-corrected chi connectivity index (χ1v) is 9.83. The van der Waals surface area contributed by atoms with Crippen LogP contribution in [0.3, 0.4) is 0 Å². The highest BCUT2D eigenvalue weighted by molar-refractivity contribution is 9.10. The normalized spacial score (nSPS) is 11.6. The summed E-state index contributed by atoms with van der Waals surface area (Å²) in [5, 5.41) is 7.15. The van der Waals surface area contributed by atoms with Gasteiger partial charge in [0, 0.05) is 22.6 Å². The Labute approximate surface area is 178 Å². The van der Waals surface area contributed by atoms with Crippen molar-refractivity contribution in [1.82, 2.24) is 19.7 Å². The molecule has 0 spiro atoms. The van der Waals surface area contributed by atoms with E-state index in [4.69, 9.17) is 0 Å². The Hall–Kier alpha value is -3.12. The Balaban J connectivity index is 1.81. The first kappa shape index (κ1) is 20.2. The minimum atomic E-state index is -4.68. The minimum absolute atomic E-state index is 0.168. The van der Waals surface area contributed by atoms with E-state index in [0.29, 0.717) is 11.3 Å². The number of pyridine rings is 2. The van der Waals surface area contributed by atoms with Gasteiger partial charge in [0.25, 0.3) is 5.91 Å². The van der Waals surface area contributed by atoms with Crippen LogP contribution in [0, 0.1) is 0 Å². The van der Waals surface area contributed by atoms with Crippen molar-refractivity contribution in [3.8, 4) is 5.69 Å². The van der Waals surface area contributed by atoms with Gasteiger partial charge in [-0.3, -0.25) is 14.9 Å². The molecule has 0 fully saturated rings. The first-order valence-electron chi connectivity index (χ1n) is 8.22. The number of carbonyl (C=O) groups is 1. The SMILES string of the molecule is O=C(Nc1nnc(C(F)(F)F)s1)c1cn(-c2cccc(Br)c2)c2ncccc2c1=O. The molecule has 12 heteroatoms. The lowest BCUT2D eigenvalue weighted by atomic mass is 10.1. The van der Waals surface area contributed by atoms with Gasteiger partial charge in [-0.25, -0.2) is 4.98 Å². The minimum Gasteiger partial charge on any atom is -0.300 e. The van der Waals surface area contributed by atoms with Crippen LogP contribution in [-0.4, -0.2) is 25.7 Å². The molecule has 3 aromatic heterocycles. The Bertz CT molecular complexity index is 1340. The van der Waals surface area contributed by atoms with Crippen LogP contribution in [0.1, 0.15) is 15.4 Å². The van der Waals surface area contributed by atoms with Crippen LogP contribution in [-0.2, 0) is 6.18 Å². The molecule has 0 bridgehead atoms. The third kappa shape index (κ3) is 3.83. The number of hydrogen-bond donors (Lipinski definition) is 1. The van der Waals surface area contributed by atoms with E-state index in [2.05, 4.69) is 36.4 Å². The maximum absolute atomic E-state index is 12.8. The number of alkyl halides is 3. The van der Waals surface area contributed by atoms with E-state index in [9.17, 15) is 22.8 Å². The molecule has 4 aromatic rings. The first-order chi connectivity index (χ1) is 14.2. The Kier molecular flexibility index (Phi) is 5.12. The molecule has 4 rings (SSSR count). The average Bonchev–Trinajstić information content (AvgIpc) is 3.17. The second-order valence-corrected chi connectivity index (χ2v) is 7.85. The fourth-order valence-corrected chi connectivity index (χ4v) is 3.69. The quantitative estimate of drug-likeness (QED) is 0.458. The molecule has 0 saturated heterocycles. The number of nitrogens with zero attached hydrogens (tertiary/aromatic N) is 4. The van der Waals surface area contributed by atoms with Gasteiger partial charge in [0.05, 0.1) is 5.39 Å². The third-order valence-electron chi connectivity index (χ3n) is 3.98. The summed E-state index contributed by atoms with van der Waals surface area (Å²) in [6, 6.07) is 10.2. The molecule has 0 aliphatic heterocycles. The summed E-state index contributed by atoms with van der Waals surface area (Å²) in [5.74, 6) is -0.903. The van der Waals surface area contributed by atoms with Crippen LogP contribution >= 0.6 is 27.3 Å². The lowest BCUT2D eigenvalue weighted by Crippen LogP contribution is -2.24. The largest absolute Gasteiger partial charge is 0.445 e. The average molecular weight is 496 g/mol. The fourth-order valence-electron chi connectivity index (χ4n) is 2.70. The van der Waals surface area contributed by atoms with Crippen molar-refractivity contribution >= 4 is 49.3 Å². The molecule has 152 valence electrons. The molecule has 0 atom stereocenters. The van der Waals surface area contributed by atoms with Crippen LogP contribution < -0.4 is 10.7 Å². The van der Waals surface area contributed by atoms with Crippen LogP contribution in [0.25, 0.3) is 16.7 Å². The van der Waals surface area contributed by atoms with Crippen molar-refractivity contribution in [1.29, 1.82) is 0 Å². The fraction of sp³-hybridized carbons (Fsp3) is 0.0556. The van der Waals surface area contributed by atoms with Gasteiger partial charge in [0.1, 0.15) is 11.2 Å². The van der Waals surface area contributed by atoms with Crippen LogP contribution in [0.4, 0.5) is 18.3 Å². The maximum Gasteiger partial charge on any atom is 0.445 e. The summed E-state index contributed by atoms with van der Waals surface area (Å²) in [5.41, 5.74) is 0.0615. The molecular weight excluding hydrogens is 487 g/mol. The third-order valence-corrected chi connectivity index (χ3v) is 5.36. The highest BCUT2D eigenvalue weighted by Gasteiger charge is 2.36. The van der Waals surface area contributed by atoms with Gasteiger partial charge in [0.2, 0.25) is 15.6 Å². The number of aromatic nitrogens is 4. The van der Waals surface area contributed by atoms with Gasteiger partial charge in [-0.15, -0.1) is 10.2 Å². The van der Waals surface area contributed by atoms with Crippen molar-refractivity contribution in [2.45, 2.75) is 6.18 Å². The smallest absolute Gasteiger partial charge is 0.300 e. The van der Waals surface area contributed by atoms with E-state index in [1.54, 1.807) is 28.8 Å². The molecule has 0 unspecified atom stereocenters. The van der Waals surface area contributed by atoms with Crippen molar-refractivity contribution in [2.24, 2.45) is 0 Å². The molecule has 30 heavy (non-hydrogen) atoms. The van der Waals surface area contributed by atoms with E-state index in [1.807, 2.05) is 6.07 Å². The second-order valence-electron chi connectivity index (χ2n) is 5.96. The number of anilines is 1. The maximum atomic E-state index is 12.8. The van der Waals surface area contributed by atoms with Gasteiger partial charge in [-0.2, -0.15) is 13.2 Å². The number of halogens is 4. The predicted octanol–water partition coefficient (Wildman–Crippen LogP) is 4.27. The van der Waals surface area contributed by atoms with Gasteiger partial charge >= 0.3 is 6.18 Å². The highest BCUT2D eigenvalue weighted by Crippen LogP contribution is 2.33. The molecule has 0 radical (unpaired) electrons. The predicted molar refractivity (Wildman–Crippen MR) is 108 cm³/mol. The zero-order valence-electron chi connectivity index (χ0n) is 14.6. The van der Waals surface area contributed by atoms with E-state index in [-0.39, 0.29) is 27.4 Å². The number of rotatable bonds is 3. The number of nitrogens with one attached hydrogen (secondary N) is 1. The van der Waals surface area contributed by atoms with Crippen LogP contribution in [0.15, 0.2) is 58.1 Å². The van der Waals surface area contributed by atoms with Crippen molar-refractivity contribution < 1.29 is 18.0 Å². The Morgan fingerprint density at radius 3 is 2.67 bits per heavy atom.